The fourth-order valence-electron chi connectivity index (χ4n) is 2.72. The molecule has 0 heterocycles. The Hall–Kier alpha value is -3.32. The van der Waals surface area contributed by atoms with Crippen molar-refractivity contribution in [1.29, 1.82) is 0 Å². The van der Waals surface area contributed by atoms with Gasteiger partial charge >= 0.3 is 0 Å². The zero-order valence-corrected chi connectivity index (χ0v) is 16.8. The van der Waals surface area contributed by atoms with Crippen molar-refractivity contribution in [2.24, 2.45) is 0 Å². The molecule has 3 rings (SSSR count). The highest BCUT2D eigenvalue weighted by molar-refractivity contribution is 7.92. The summed E-state index contributed by atoms with van der Waals surface area (Å²) in [6.45, 7) is 1.88. The summed E-state index contributed by atoms with van der Waals surface area (Å²) < 4.78 is 33.5. The van der Waals surface area contributed by atoms with Crippen LogP contribution in [0, 0.1) is 0 Å². The van der Waals surface area contributed by atoms with E-state index in [0.29, 0.717) is 23.7 Å². The zero-order chi connectivity index (χ0) is 20.7. The molecular formula is C22H22N2O4S. The first kappa shape index (κ1) is 20.4. The molecule has 6 nitrogen and oxygen atoms in total. The molecule has 29 heavy (non-hydrogen) atoms. The van der Waals surface area contributed by atoms with Gasteiger partial charge in [-0.05, 0) is 42.0 Å². The van der Waals surface area contributed by atoms with Crippen LogP contribution in [0.25, 0.3) is 0 Å². The van der Waals surface area contributed by atoms with Crippen molar-refractivity contribution in [3.05, 3.63) is 84.4 Å². The van der Waals surface area contributed by atoms with Crippen molar-refractivity contribution < 1.29 is 17.9 Å². The predicted octanol–water partition coefficient (Wildman–Crippen LogP) is 4.07. The van der Waals surface area contributed by atoms with Crippen LogP contribution in [0.5, 0.6) is 5.75 Å². The van der Waals surface area contributed by atoms with Crippen LogP contribution >= 0.6 is 0 Å². The third-order valence-corrected chi connectivity index (χ3v) is 5.47. The van der Waals surface area contributed by atoms with Crippen molar-refractivity contribution in [3.8, 4) is 5.75 Å². The first-order valence-electron chi connectivity index (χ1n) is 9.10. The fourth-order valence-corrected chi connectivity index (χ4v) is 3.77. The van der Waals surface area contributed by atoms with E-state index in [4.69, 9.17) is 4.74 Å². The van der Waals surface area contributed by atoms with Gasteiger partial charge in [-0.3, -0.25) is 9.52 Å². The summed E-state index contributed by atoms with van der Waals surface area (Å²) in [7, 11) is -3.76. The number of hydrogen-bond acceptors (Lipinski definition) is 4. The van der Waals surface area contributed by atoms with E-state index in [1.54, 1.807) is 36.4 Å². The van der Waals surface area contributed by atoms with Gasteiger partial charge < -0.3 is 10.1 Å². The van der Waals surface area contributed by atoms with Crippen LogP contribution in [0.2, 0.25) is 0 Å². The molecule has 2 N–H and O–H groups in total. The fraction of sp³-hybridized carbons (Fsp3) is 0.136. The van der Waals surface area contributed by atoms with Gasteiger partial charge in [0.05, 0.1) is 17.2 Å². The highest BCUT2D eigenvalue weighted by atomic mass is 32.2. The molecule has 0 unspecified atom stereocenters. The van der Waals surface area contributed by atoms with Crippen molar-refractivity contribution in [2.45, 2.75) is 18.2 Å². The second-order valence-electron chi connectivity index (χ2n) is 6.42. The van der Waals surface area contributed by atoms with Gasteiger partial charge in [0.1, 0.15) is 5.75 Å². The van der Waals surface area contributed by atoms with Crippen LogP contribution in [0.15, 0.2) is 83.8 Å². The third kappa shape index (κ3) is 6.08. The molecule has 0 bridgehead atoms. The lowest BCUT2D eigenvalue weighted by atomic mass is 10.2. The molecule has 0 fully saturated rings. The summed E-state index contributed by atoms with van der Waals surface area (Å²) in [4.78, 5) is 11.2. The second kappa shape index (κ2) is 9.25. The molecule has 0 saturated carbocycles. The first-order valence-corrected chi connectivity index (χ1v) is 10.6. The third-order valence-electron chi connectivity index (χ3n) is 4.07. The van der Waals surface area contributed by atoms with E-state index in [-0.39, 0.29) is 10.8 Å². The Morgan fingerprint density at radius 1 is 0.897 bits per heavy atom. The van der Waals surface area contributed by atoms with Crippen molar-refractivity contribution in [1.82, 2.24) is 0 Å². The molecule has 150 valence electrons. The largest absolute Gasteiger partial charge is 0.493 e. The van der Waals surface area contributed by atoms with Gasteiger partial charge in [0.2, 0.25) is 5.91 Å². The highest BCUT2D eigenvalue weighted by Crippen LogP contribution is 2.22. The lowest BCUT2D eigenvalue weighted by Gasteiger charge is -2.11. The Bertz CT molecular complexity index is 1070. The maximum Gasteiger partial charge on any atom is 0.261 e. The number of carbonyl (C=O) groups excluding carboxylic acids is 1. The molecule has 0 aromatic heterocycles. The molecule has 7 heteroatoms. The average Bonchev–Trinajstić information content (AvgIpc) is 2.69. The topological polar surface area (TPSA) is 84.5 Å². The Morgan fingerprint density at radius 2 is 1.62 bits per heavy atom. The Labute approximate surface area is 170 Å². The highest BCUT2D eigenvalue weighted by Gasteiger charge is 2.14. The number of carbonyl (C=O) groups is 1. The van der Waals surface area contributed by atoms with Gasteiger partial charge in [0.25, 0.3) is 10.0 Å². The summed E-state index contributed by atoms with van der Waals surface area (Å²) in [6, 6.07) is 22.8. The van der Waals surface area contributed by atoms with E-state index in [9.17, 15) is 13.2 Å². The lowest BCUT2D eigenvalue weighted by molar-refractivity contribution is -0.114. The normalized spacial score (nSPS) is 10.9. The Kier molecular flexibility index (Phi) is 6.51. The van der Waals surface area contributed by atoms with Crippen LogP contribution in [-0.2, 0) is 21.2 Å². The molecule has 0 radical (unpaired) electrons. The summed E-state index contributed by atoms with van der Waals surface area (Å²) in [5.74, 6) is 0.366. The summed E-state index contributed by atoms with van der Waals surface area (Å²) in [5, 5.41) is 2.60. The van der Waals surface area contributed by atoms with E-state index in [2.05, 4.69) is 10.0 Å². The van der Waals surface area contributed by atoms with E-state index in [0.717, 1.165) is 6.42 Å². The van der Waals surface area contributed by atoms with Crippen LogP contribution in [0.4, 0.5) is 11.4 Å². The van der Waals surface area contributed by atoms with Crippen LogP contribution in [-0.4, -0.2) is 20.9 Å². The molecular weight excluding hydrogens is 388 g/mol. The van der Waals surface area contributed by atoms with E-state index < -0.39 is 10.0 Å². The maximum atomic E-state index is 12.6. The number of benzene rings is 3. The van der Waals surface area contributed by atoms with Gasteiger partial charge in [-0.2, -0.15) is 0 Å². The van der Waals surface area contributed by atoms with Gasteiger partial charge in [0, 0.05) is 25.1 Å². The standard InChI is InChI=1S/C22H22N2O4S/c1-17(25)23-19-10-12-22(13-11-19)29(26,27)24-20-8-5-9-21(16-20)28-15-14-18-6-3-2-4-7-18/h2-13,16,24H,14-15H2,1H3,(H,23,25). The summed E-state index contributed by atoms with van der Waals surface area (Å²) in [6.07, 6.45) is 0.761. The van der Waals surface area contributed by atoms with Crippen molar-refractivity contribution in [3.63, 3.8) is 0 Å². The van der Waals surface area contributed by atoms with Gasteiger partial charge in [-0.1, -0.05) is 36.4 Å². The number of hydrogen-bond donors (Lipinski definition) is 2. The molecule has 0 atom stereocenters. The number of nitrogens with one attached hydrogen (secondary N) is 2. The van der Waals surface area contributed by atoms with E-state index in [1.165, 1.54) is 24.6 Å². The second-order valence-corrected chi connectivity index (χ2v) is 8.11. The molecule has 3 aromatic carbocycles. The predicted molar refractivity (Wildman–Crippen MR) is 114 cm³/mol. The minimum atomic E-state index is -3.76. The Morgan fingerprint density at radius 3 is 2.31 bits per heavy atom. The van der Waals surface area contributed by atoms with E-state index >= 15 is 0 Å². The van der Waals surface area contributed by atoms with Crippen LogP contribution < -0.4 is 14.8 Å². The molecule has 1 amide bonds. The molecule has 0 saturated heterocycles. The minimum absolute atomic E-state index is 0.0991. The minimum Gasteiger partial charge on any atom is -0.493 e. The molecule has 0 aliphatic carbocycles. The molecule has 0 aliphatic rings. The van der Waals surface area contributed by atoms with Crippen molar-refractivity contribution >= 4 is 27.3 Å². The molecule has 3 aromatic rings. The number of anilines is 2. The van der Waals surface area contributed by atoms with E-state index in [1.807, 2.05) is 30.3 Å². The number of rotatable bonds is 8. The van der Waals surface area contributed by atoms with Crippen LogP contribution in [0.3, 0.4) is 0 Å². The van der Waals surface area contributed by atoms with Crippen molar-refractivity contribution in [2.75, 3.05) is 16.6 Å². The van der Waals surface area contributed by atoms with Gasteiger partial charge in [-0.25, -0.2) is 8.42 Å². The maximum absolute atomic E-state index is 12.6. The number of sulfonamides is 1. The lowest BCUT2D eigenvalue weighted by Crippen LogP contribution is -2.13. The first-order chi connectivity index (χ1) is 13.9. The molecule has 0 aliphatic heterocycles. The smallest absolute Gasteiger partial charge is 0.261 e. The monoisotopic (exact) mass is 410 g/mol. The number of ether oxygens (including phenoxy) is 1. The number of amides is 1. The summed E-state index contributed by atoms with van der Waals surface area (Å²) >= 11 is 0. The zero-order valence-electron chi connectivity index (χ0n) is 16.0. The van der Waals surface area contributed by atoms with Gasteiger partial charge in [0.15, 0.2) is 0 Å². The van der Waals surface area contributed by atoms with Gasteiger partial charge in [-0.15, -0.1) is 0 Å². The van der Waals surface area contributed by atoms with Crippen LogP contribution in [0.1, 0.15) is 12.5 Å². The SMILES string of the molecule is CC(=O)Nc1ccc(S(=O)(=O)Nc2cccc(OCCc3ccccc3)c2)cc1. The molecule has 0 spiro atoms. The quantitative estimate of drug-likeness (QED) is 0.586. The Balaban J connectivity index is 1.63. The average molecular weight is 410 g/mol. The summed E-state index contributed by atoms with van der Waals surface area (Å²) in [5.41, 5.74) is 2.12.